The van der Waals surface area contributed by atoms with Gasteiger partial charge in [0.25, 0.3) is 0 Å². The average molecular weight is 475 g/mol. The maximum absolute atomic E-state index is 11.4. The Kier molecular flexibility index (Phi) is 6.22. The van der Waals surface area contributed by atoms with Crippen LogP contribution in [0.4, 0.5) is 0 Å². The van der Waals surface area contributed by atoms with Crippen molar-refractivity contribution in [1.29, 1.82) is 5.41 Å². The fourth-order valence-electron chi connectivity index (χ4n) is 4.11. The largest absolute Gasteiger partial charge is 0.512 e. The van der Waals surface area contributed by atoms with Crippen molar-refractivity contribution in [2.24, 2.45) is 0 Å². The Bertz CT molecular complexity index is 1450. The lowest BCUT2D eigenvalue weighted by atomic mass is 10.0. The predicted octanol–water partition coefficient (Wildman–Crippen LogP) is 6.39. The molecule has 0 aliphatic rings. The molecule has 3 aromatic heterocycles. The quantitative estimate of drug-likeness (QED) is 0.221. The van der Waals surface area contributed by atoms with Gasteiger partial charge >= 0.3 is 5.97 Å². The lowest BCUT2D eigenvalue weighted by molar-refractivity contribution is 0.0697. The molecule has 34 heavy (non-hydrogen) atoms. The maximum atomic E-state index is 11.4. The van der Waals surface area contributed by atoms with E-state index >= 15 is 0 Å². The summed E-state index contributed by atoms with van der Waals surface area (Å²) in [5.41, 5.74) is 5.13. The first-order chi connectivity index (χ1) is 16.2. The summed E-state index contributed by atoms with van der Waals surface area (Å²) in [6, 6.07) is 12.3. The van der Waals surface area contributed by atoms with Gasteiger partial charge in [0.15, 0.2) is 0 Å². The summed E-state index contributed by atoms with van der Waals surface area (Å²) >= 11 is 6.25. The van der Waals surface area contributed by atoms with Crippen molar-refractivity contribution in [3.63, 3.8) is 0 Å². The molecule has 0 aliphatic heterocycles. The molecule has 0 saturated heterocycles. The van der Waals surface area contributed by atoms with Crippen molar-refractivity contribution in [3.05, 3.63) is 88.7 Å². The average Bonchev–Trinajstić information content (AvgIpc) is 3.17. The minimum Gasteiger partial charge on any atom is -0.512 e. The number of benzene rings is 1. The first-order valence-corrected chi connectivity index (χ1v) is 11.0. The molecule has 7 nitrogen and oxygen atoms in total. The number of aromatic carboxylic acids is 1. The van der Waals surface area contributed by atoms with Crippen LogP contribution in [0.25, 0.3) is 27.7 Å². The number of aromatic nitrogens is 3. The standard InChI is InChI=1S/C26H23ClN4O3/c1-14(28)24(16(3)32)18-11-23-25(30-12-18)20(17-7-8-19(26(33)34)21(27)10-17)13-31(23)15(2)22-6-4-5-9-29-22/h4-13,15,28,32H,1-3H3,(H,33,34)/b24-16+,28-14?/t15-/m0/s1. The van der Waals surface area contributed by atoms with Gasteiger partial charge in [-0.3, -0.25) is 9.97 Å². The second-order valence-electron chi connectivity index (χ2n) is 8.06. The van der Waals surface area contributed by atoms with Crippen LogP contribution in [-0.4, -0.2) is 36.4 Å². The van der Waals surface area contributed by atoms with Gasteiger partial charge in [-0.15, -0.1) is 0 Å². The van der Waals surface area contributed by atoms with Crippen LogP contribution in [0.3, 0.4) is 0 Å². The van der Waals surface area contributed by atoms with Crippen molar-refractivity contribution in [3.8, 4) is 11.1 Å². The highest BCUT2D eigenvalue weighted by molar-refractivity contribution is 6.33. The van der Waals surface area contributed by atoms with Crippen molar-refractivity contribution < 1.29 is 15.0 Å². The number of carbonyl (C=O) groups is 1. The molecule has 0 amide bonds. The molecule has 1 aromatic carbocycles. The fourth-order valence-corrected chi connectivity index (χ4v) is 4.38. The molecule has 0 saturated carbocycles. The predicted molar refractivity (Wildman–Crippen MR) is 134 cm³/mol. The second-order valence-corrected chi connectivity index (χ2v) is 8.46. The molecular weight excluding hydrogens is 452 g/mol. The van der Waals surface area contributed by atoms with Crippen LogP contribution in [0.2, 0.25) is 5.02 Å². The van der Waals surface area contributed by atoms with Crippen molar-refractivity contribution in [2.45, 2.75) is 26.8 Å². The molecular formula is C26H23ClN4O3. The van der Waals surface area contributed by atoms with Gasteiger partial charge in [-0.25, -0.2) is 4.79 Å². The van der Waals surface area contributed by atoms with E-state index in [4.69, 9.17) is 17.0 Å². The number of aliphatic hydroxyl groups is 1. The zero-order valence-corrected chi connectivity index (χ0v) is 19.6. The topological polar surface area (TPSA) is 112 Å². The number of carboxylic acid groups (broad SMARTS) is 1. The molecule has 0 spiro atoms. The zero-order valence-electron chi connectivity index (χ0n) is 18.9. The van der Waals surface area contributed by atoms with Gasteiger partial charge in [-0.05, 0) is 56.7 Å². The maximum Gasteiger partial charge on any atom is 0.337 e. The van der Waals surface area contributed by atoms with Gasteiger partial charge in [0.2, 0.25) is 0 Å². The number of fused-ring (bicyclic) bond motifs is 1. The van der Waals surface area contributed by atoms with Crippen LogP contribution < -0.4 is 0 Å². The zero-order chi connectivity index (χ0) is 24.6. The van der Waals surface area contributed by atoms with Crippen LogP contribution in [-0.2, 0) is 0 Å². The number of hydrogen-bond donors (Lipinski definition) is 3. The summed E-state index contributed by atoms with van der Waals surface area (Å²) in [6.07, 6.45) is 5.31. The van der Waals surface area contributed by atoms with E-state index in [1.165, 1.54) is 6.07 Å². The third-order valence-electron chi connectivity index (χ3n) is 5.74. The smallest absolute Gasteiger partial charge is 0.337 e. The third kappa shape index (κ3) is 4.18. The number of rotatable bonds is 6. The highest BCUT2D eigenvalue weighted by atomic mass is 35.5. The molecule has 3 N–H and O–H groups in total. The van der Waals surface area contributed by atoms with Crippen molar-refractivity contribution in [2.75, 3.05) is 0 Å². The first-order valence-electron chi connectivity index (χ1n) is 10.6. The lowest BCUT2D eigenvalue weighted by Gasteiger charge is -2.15. The molecule has 0 unspecified atom stereocenters. The Balaban J connectivity index is 1.98. The van der Waals surface area contributed by atoms with Crippen LogP contribution in [0.15, 0.2) is 66.8 Å². The molecule has 0 fully saturated rings. The van der Waals surface area contributed by atoms with E-state index in [9.17, 15) is 15.0 Å². The summed E-state index contributed by atoms with van der Waals surface area (Å²) in [5.74, 6) is -1.05. The van der Waals surface area contributed by atoms with Crippen LogP contribution in [0, 0.1) is 5.41 Å². The van der Waals surface area contributed by atoms with Gasteiger partial charge < -0.3 is 20.2 Å². The highest BCUT2D eigenvalue weighted by Crippen LogP contribution is 2.36. The number of allylic oxidation sites excluding steroid dienone is 2. The first kappa shape index (κ1) is 23.2. The van der Waals surface area contributed by atoms with E-state index in [-0.39, 0.29) is 28.1 Å². The number of nitrogens with one attached hydrogen (secondary N) is 1. The number of halogens is 1. The van der Waals surface area contributed by atoms with Gasteiger partial charge in [-0.2, -0.15) is 0 Å². The normalized spacial score (nSPS) is 12.9. The SMILES string of the molecule is CC(=N)/C(=C(/C)O)c1cnc2c(-c3ccc(C(=O)O)c(Cl)c3)cn([C@@H](C)c3ccccn3)c2c1. The molecule has 0 aliphatic carbocycles. The van der Waals surface area contributed by atoms with E-state index < -0.39 is 5.97 Å². The number of aliphatic hydroxyl groups excluding tert-OH is 1. The van der Waals surface area contributed by atoms with E-state index in [0.717, 1.165) is 22.3 Å². The van der Waals surface area contributed by atoms with E-state index in [0.29, 0.717) is 16.7 Å². The number of pyridine rings is 2. The van der Waals surface area contributed by atoms with Gasteiger partial charge in [0.05, 0.1) is 39.1 Å². The lowest BCUT2D eigenvalue weighted by Crippen LogP contribution is -2.07. The van der Waals surface area contributed by atoms with Crippen LogP contribution >= 0.6 is 11.6 Å². The van der Waals surface area contributed by atoms with Crippen molar-refractivity contribution >= 4 is 39.9 Å². The second kappa shape index (κ2) is 9.11. The third-order valence-corrected chi connectivity index (χ3v) is 6.05. The Hall–Kier alpha value is -3.97. The van der Waals surface area contributed by atoms with Crippen LogP contribution in [0.5, 0.6) is 0 Å². The highest BCUT2D eigenvalue weighted by Gasteiger charge is 2.20. The Morgan fingerprint density at radius 2 is 1.88 bits per heavy atom. The molecule has 0 radical (unpaired) electrons. The fraction of sp³-hybridized carbons (Fsp3) is 0.154. The summed E-state index contributed by atoms with van der Waals surface area (Å²) < 4.78 is 2.03. The molecule has 172 valence electrons. The van der Waals surface area contributed by atoms with Crippen LogP contribution in [0.1, 0.15) is 48.4 Å². The summed E-state index contributed by atoms with van der Waals surface area (Å²) in [7, 11) is 0. The summed E-state index contributed by atoms with van der Waals surface area (Å²) in [4.78, 5) is 20.6. The molecule has 4 rings (SSSR count). The Morgan fingerprint density at radius 1 is 1.12 bits per heavy atom. The minimum atomic E-state index is -1.09. The molecule has 4 aromatic rings. The number of carboxylic acids is 1. The Labute approximate surface area is 201 Å². The van der Waals surface area contributed by atoms with E-state index in [1.807, 2.05) is 42.0 Å². The number of hydrogen-bond acceptors (Lipinski definition) is 5. The van der Waals surface area contributed by atoms with Gasteiger partial charge in [0, 0.05) is 41.0 Å². The van der Waals surface area contributed by atoms with Gasteiger partial charge in [-0.1, -0.05) is 23.7 Å². The van der Waals surface area contributed by atoms with E-state index in [2.05, 4.69) is 9.97 Å². The molecule has 8 heteroatoms. The summed E-state index contributed by atoms with van der Waals surface area (Å²) in [5, 5.41) is 27.7. The van der Waals surface area contributed by atoms with Gasteiger partial charge in [0.1, 0.15) is 0 Å². The molecule has 3 heterocycles. The monoisotopic (exact) mass is 474 g/mol. The molecule has 0 bridgehead atoms. The van der Waals surface area contributed by atoms with E-state index in [1.54, 1.807) is 38.4 Å². The number of nitrogens with zero attached hydrogens (tertiary/aromatic N) is 3. The molecule has 1 atom stereocenters. The minimum absolute atomic E-state index is 0.0286. The Morgan fingerprint density at radius 3 is 2.47 bits per heavy atom. The van der Waals surface area contributed by atoms with Crippen molar-refractivity contribution in [1.82, 2.24) is 14.5 Å². The summed E-state index contributed by atoms with van der Waals surface area (Å²) in [6.45, 7) is 5.19.